The first-order chi connectivity index (χ1) is 6.54. The van der Waals surface area contributed by atoms with Gasteiger partial charge in [0.15, 0.2) is 0 Å². The summed E-state index contributed by atoms with van der Waals surface area (Å²) in [5, 5.41) is 4.71. The first kappa shape index (κ1) is 8.97. The van der Waals surface area contributed by atoms with E-state index in [0.717, 1.165) is 5.52 Å². The van der Waals surface area contributed by atoms with E-state index in [1.165, 1.54) is 18.5 Å². The van der Waals surface area contributed by atoms with Crippen LogP contribution in [0, 0.1) is 0 Å². The molecule has 14 heavy (non-hydrogen) atoms. The second-order valence-electron chi connectivity index (χ2n) is 2.66. The highest BCUT2D eigenvalue weighted by atomic mass is 32.2. The Morgan fingerprint density at radius 1 is 1.43 bits per heavy atom. The van der Waals surface area contributed by atoms with Crippen molar-refractivity contribution in [1.82, 2.24) is 9.97 Å². The first-order valence-electron chi connectivity index (χ1n) is 3.70. The molecule has 7 heteroatoms. The van der Waals surface area contributed by atoms with Gasteiger partial charge in [-0.25, -0.2) is 4.98 Å². The molecule has 0 aliphatic rings. The van der Waals surface area contributed by atoms with E-state index >= 15 is 0 Å². The molecule has 0 saturated carbocycles. The second kappa shape index (κ2) is 2.96. The quantitative estimate of drug-likeness (QED) is 0.741. The number of rotatable bonds is 2. The van der Waals surface area contributed by atoms with Gasteiger partial charge >= 0.3 is 10.3 Å². The van der Waals surface area contributed by atoms with Gasteiger partial charge in [0.2, 0.25) is 0 Å². The highest BCUT2D eigenvalue weighted by molar-refractivity contribution is 7.84. The van der Waals surface area contributed by atoms with Crippen molar-refractivity contribution in [2.45, 2.75) is 0 Å². The molecular formula is C7H7N3O3S. The fourth-order valence-corrected chi connectivity index (χ4v) is 1.47. The summed E-state index contributed by atoms with van der Waals surface area (Å²) < 4.78 is 25.7. The fourth-order valence-electron chi connectivity index (χ4n) is 1.10. The SMILES string of the molecule is NS(=O)(=O)Oc1ccc2nc[nH]c2c1. The molecular weight excluding hydrogens is 206 g/mol. The Labute approximate surface area is 80.0 Å². The minimum atomic E-state index is -3.96. The van der Waals surface area contributed by atoms with Gasteiger partial charge in [0.05, 0.1) is 17.4 Å². The smallest absolute Gasteiger partial charge is 0.371 e. The summed E-state index contributed by atoms with van der Waals surface area (Å²) in [5.41, 5.74) is 1.41. The van der Waals surface area contributed by atoms with Crippen LogP contribution in [0.15, 0.2) is 24.5 Å². The van der Waals surface area contributed by atoms with Crippen LogP contribution in [0.3, 0.4) is 0 Å². The number of hydrogen-bond acceptors (Lipinski definition) is 4. The Bertz CT molecular complexity index is 560. The molecule has 0 unspecified atom stereocenters. The van der Waals surface area contributed by atoms with Gasteiger partial charge in [-0.1, -0.05) is 0 Å². The van der Waals surface area contributed by atoms with Gasteiger partial charge in [0.1, 0.15) is 5.75 Å². The van der Waals surface area contributed by atoms with E-state index in [1.54, 1.807) is 6.07 Å². The van der Waals surface area contributed by atoms with Gasteiger partial charge in [-0.05, 0) is 12.1 Å². The lowest BCUT2D eigenvalue weighted by atomic mass is 10.3. The molecule has 2 aromatic rings. The Morgan fingerprint density at radius 2 is 2.21 bits per heavy atom. The van der Waals surface area contributed by atoms with Gasteiger partial charge in [-0.2, -0.15) is 13.6 Å². The third-order valence-corrected chi connectivity index (χ3v) is 2.03. The lowest BCUT2D eigenvalue weighted by molar-refractivity contribution is 0.488. The van der Waals surface area contributed by atoms with Gasteiger partial charge < -0.3 is 9.17 Å². The van der Waals surface area contributed by atoms with Crippen LogP contribution in [0.5, 0.6) is 5.75 Å². The van der Waals surface area contributed by atoms with Crippen molar-refractivity contribution in [2.24, 2.45) is 5.14 Å². The molecule has 1 heterocycles. The number of imidazole rings is 1. The van der Waals surface area contributed by atoms with E-state index in [1.807, 2.05) is 0 Å². The normalized spacial score (nSPS) is 11.8. The summed E-state index contributed by atoms with van der Waals surface area (Å²) in [4.78, 5) is 6.78. The Hall–Kier alpha value is -1.60. The topological polar surface area (TPSA) is 98.1 Å². The highest BCUT2D eigenvalue weighted by Crippen LogP contribution is 2.18. The van der Waals surface area contributed by atoms with Crippen molar-refractivity contribution in [3.63, 3.8) is 0 Å². The third-order valence-electron chi connectivity index (χ3n) is 1.60. The number of nitrogens with zero attached hydrogens (tertiary/aromatic N) is 1. The van der Waals surface area contributed by atoms with Crippen molar-refractivity contribution < 1.29 is 12.6 Å². The maximum atomic E-state index is 10.6. The predicted octanol–water partition coefficient (Wildman–Crippen LogP) is 0.145. The summed E-state index contributed by atoms with van der Waals surface area (Å²) >= 11 is 0. The van der Waals surface area contributed by atoms with Gasteiger partial charge in [0.25, 0.3) is 0 Å². The molecule has 3 N–H and O–H groups in total. The lowest BCUT2D eigenvalue weighted by Crippen LogP contribution is -2.18. The average Bonchev–Trinajstić information content (AvgIpc) is 2.47. The number of hydrogen-bond donors (Lipinski definition) is 2. The lowest BCUT2D eigenvalue weighted by Gasteiger charge is -2.00. The van der Waals surface area contributed by atoms with Crippen molar-refractivity contribution in [1.29, 1.82) is 0 Å². The largest absolute Gasteiger partial charge is 0.380 e. The van der Waals surface area contributed by atoms with Crippen molar-refractivity contribution >= 4 is 21.3 Å². The summed E-state index contributed by atoms with van der Waals surface area (Å²) in [6.45, 7) is 0. The molecule has 2 rings (SSSR count). The Kier molecular flexibility index (Phi) is 1.90. The van der Waals surface area contributed by atoms with Gasteiger partial charge in [-0.3, -0.25) is 0 Å². The van der Waals surface area contributed by atoms with Crippen LogP contribution < -0.4 is 9.32 Å². The van der Waals surface area contributed by atoms with E-state index < -0.39 is 10.3 Å². The molecule has 0 radical (unpaired) electrons. The van der Waals surface area contributed by atoms with Crippen LogP contribution in [-0.2, 0) is 10.3 Å². The summed E-state index contributed by atoms with van der Waals surface area (Å²) in [5.74, 6) is 0.157. The van der Waals surface area contributed by atoms with Crippen LogP contribution in [-0.4, -0.2) is 18.4 Å². The van der Waals surface area contributed by atoms with Crippen LogP contribution in [0.4, 0.5) is 0 Å². The number of nitrogens with one attached hydrogen (secondary N) is 1. The maximum absolute atomic E-state index is 10.6. The standard InChI is InChI=1S/C7H7N3O3S/c8-14(11,12)13-5-1-2-6-7(3-5)10-4-9-6/h1-4H,(H,9,10)(H2,8,11,12). The average molecular weight is 213 g/mol. The first-order valence-corrected chi connectivity index (χ1v) is 5.17. The number of benzene rings is 1. The van der Waals surface area contributed by atoms with E-state index in [4.69, 9.17) is 5.14 Å². The van der Waals surface area contributed by atoms with Crippen molar-refractivity contribution in [3.8, 4) is 5.75 Å². The Morgan fingerprint density at radius 3 is 2.93 bits per heavy atom. The molecule has 0 saturated heterocycles. The van der Waals surface area contributed by atoms with Crippen LogP contribution in [0.1, 0.15) is 0 Å². The third kappa shape index (κ3) is 1.83. The zero-order valence-corrected chi connectivity index (χ0v) is 7.78. The van der Waals surface area contributed by atoms with E-state index in [9.17, 15) is 8.42 Å². The molecule has 0 aliphatic carbocycles. The number of aromatic nitrogens is 2. The van der Waals surface area contributed by atoms with Crippen molar-refractivity contribution in [3.05, 3.63) is 24.5 Å². The number of nitrogens with two attached hydrogens (primary N) is 1. The molecule has 0 amide bonds. The summed E-state index contributed by atoms with van der Waals surface area (Å²) in [6.07, 6.45) is 1.51. The second-order valence-corrected chi connectivity index (χ2v) is 3.81. The minimum absolute atomic E-state index is 0.157. The van der Waals surface area contributed by atoms with Crippen molar-refractivity contribution in [2.75, 3.05) is 0 Å². The van der Waals surface area contributed by atoms with Crippen LogP contribution in [0.2, 0.25) is 0 Å². The Balaban J connectivity index is 2.44. The monoisotopic (exact) mass is 213 g/mol. The maximum Gasteiger partial charge on any atom is 0.380 e. The molecule has 0 spiro atoms. The van der Waals surface area contributed by atoms with Crippen LogP contribution >= 0.6 is 0 Å². The number of H-pyrrole nitrogens is 1. The molecule has 1 aromatic carbocycles. The number of aromatic amines is 1. The zero-order chi connectivity index (χ0) is 10.2. The fraction of sp³-hybridized carbons (Fsp3) is 0. The molecule has 0 fully saturated rings. The zero-order valence-electron chi connectivity index (χ0n) is 6.97. The van der Waals surface area contributed by atoms with Gasteiger partial charge in [-0.15, -0.1) is 0 Å². The molecule has 74 valence electrons. The van der Waals surface area contributed by atoms with E-state index in [2.05, 4.69) is 14.2 Å². The highest BCUT2D eigenvalue weighted by Gasteiger charge is 2.05. The van der Waals surface area contributed by atoms with E-state index in [0.29, 0.717) is 5.52 Å². The molecule has 6 nitrogen and oxygen atoms in total. The summed E-state index contributed by atoms with van der Waals surface area (Å²) in [6, 6.07) is 4.62. The van der Waals surface area contributed by atoms with Gasteiger partial charge in [0, 0.05) is 6.07 Å². The molecule has 0 aliphatic heterocycles. The molecule has 0 atom stereocenters. The summed E-state index contributed by atoms with van der Waals surface area (Å²) in [7, 11) is -3.96. The van der Waals surface area contributed by atoms with Crippen LogP contribution in [0.25, 0.3) is 11.0 Å². The van der Waals surface area contributed by atoms with E-state index in [-0.39, 0.29) is 5.75 Å². The minimum Gasteiger partial charge on any atom is -0.371 e. The predicted molar refractivity (Wildman–Crippen MR) is 49.8 cm³/mol. The molecule has 0 bridgehead atoms. The molecule has 1 aromatic heterocycles. The number of fused-ring (bicyclic) bond motifs is 1.